The van der Waals surface area contributed by atoms with Gasteiger partial charge in [0.15, 0.2) is 0 Å². The van der Waals surface area contributed by atoms with Crippen molar-refractivity contribution in [3.63, 3.8) is 0 Å². The molecule has 0 unspecified atom stereocenters. The number of fused-ring (bicyclic) bond motifs is 1. The van der Waals surface area contributed by atoms with E-state index in [1.807, 2.05) is 0 Å². The number of nitrogens with one attached hydrogen (secondary N) is 3. The Hall–Kier alpha value is -2.21. The van der Waals surface area contributed by atoms with Crippen molar-refractivity contribution in [1.82, 2.24) is 55.1 Å². The summed E-state index contributed by atoms with van der Waals surface area (Å²) in [5.41, 5.74) is 1.76. The molecule has 2 aliphatic heterocycles. The average Bonchev–Trinajstić information content (AvgIpc) is 3.84. The van der Waals surface area contributed by atoms with Crippen LogP contribution in [0.4, 0.5) is 13.2 Å². The van der Waals surface area contributed by atoms with Crippen molar-refractivity contribution in [1.29, 1.82) is 0 Å². The summed E-state index contributed by atoms with van der Waals surface area (Å²) < 4.78 is 40.6. The normalized spacial score (nSPS) is 29.0. The van der Waals surface area contributed by atoms with E-state index in [-0.39, 0.29) is 6.04 Å². The highest BCUT2D eigenvalue weighted by atomic mass is 19.4. The topological polar surface area (TPSA) is 62.0 Å². The zero-order valence-electron chi connectivity index (χ0n) is 51.7. The molecule has 0 amide bonds. The first kappa shape index (κ1) is 67.3. The van der Waals surface area contributed by atoms with Crippen molar-refractivity contribution in [3.8, 4) is 0 Å². The summed E-state index contributed by atoms with van der Waals surface area (Å²) >= 11 is 0. The number of halogens is 3. The molecule has 2 aliphatic rings. The van der Waals surface area contributed by atoms with Gasteiger partial charge in [0.05, 0.1) is 5.56 Å². The predicted molar refractivity (Wildman–Crippen MR) is 322 cm³/mol. The first-order valence-electron chi connectivity index (χ1n) is 30.6. The van der Waals surface area contributed by atoms with Gasteiger partial charge in [0.2, 0.25) is 0 Å². The summed E-state index contributed by atoms with van der Waals surface area (Å²) in [6.07, 6.45) is 5.17. The minimum atomic E-state index is -4.33. The summed E-state index contributed by atoms with van der Waals surface area (Å²) in [4.78, 5) is 20.8. The predicted octanol–water partition coefficient (Wildman–Crippen LogP) is 8.80. The standard InChI is InChI=1S/C63H116F3N11/c1-16-50(5)61-47-72(11)37-36-70(9)38-39-74(13)62(51(6)17-2)48-71(10)35-32-67-57(30-27-54-25-28-56(29-26-54)63(64,65)66)44-77-33-21-24-58(77)45-76(15)60(41-55-22-19-18-20-23-55)46-75(14)59(40-49(3)4)43-68-52(7)31-34-73(12)53(8)42-69-61/h18-20,22-23,25-26,28-29,49-53,57-62,67-69H,16-17,21,24,27,30-48H2,1-15H3/t50-,51-,52+,53-,57-,58-,59-,60-,61+,62+/m0/s1. The van der Waals surface area contributed by atoms with Crippen LogP contribution in [0, 0.1) is 17.8 Å². The molecule has 0 bridgehead atoms. The lowest BCUT2D eigenvalue weighted by Gasteiger charge is -2.39. The number of likely N-dealkylation sites (N-methyl/N-ethyl adjacent to an activating group) is 7. The monoisotopic (exact) mass is 1080 g/mol. The Morgan fingerprint density at radius 3 is 1.90 bits per heavy atom. The van der Waals surface area contributed by atoms with Crippen LogP contribution in [0.15, 0.2) is 54.6 Å². The van der Waals surface area contributed by atoms with Crippen LogP contribution in [0.2, 0.25) is 0 Å². The third-order valence-corrected chi connectivity index (χ3v) is 18.2. The van der Waals surface area contributed by atoms with Crippen LogP contribution in [-0.4, -0.2) is 235 Å². The van der Waals surface area contributed by atoms with Crippen molar-refractivity contribution < 1.29 is 13.2 Å². The van der Waals surface area contributed by atoms with Gasteiger partial charge in [-0.25, -0.2) is 0 Å². The molecule has 2 fully saturated rings. The zero-order chi connectivity index (χ0) is 56.7. The Kier molecular flexibility index (Phi) is 30.5. The summed E-state index contributed by atoms with van der Waals surface area (Å²) in [6, 6.07) is 20.1. The highest BCUT2D eigenvalue weighted by molar-refractivity contribution is 5.25. The Balaban J connectivity index is 1.59. The van der Waals surface area contributed by atoms with Crippen molar-refractivity contribution in [2.24, 2.45) is 17.8 Å². The molecule has 0 radical (unpaired) electrons. The molecule has 0 saturated carbocycles. The summed E-state index contributed by atoms with van der Waals surface area (Å²) in [5.74, 6) is 1.75. The summed E-state index contributed by atoms with van der Waals surface area (Å²) in [7, 11) is 16.2. The van der Waals surface area contributed by atoms with E-state index in [9.17, 15) is 13.2 Å². The number of rotatable bonds is 11. The minimum Gasteiger partial charge on any atom is -0.313 e. The highest BCUT2D eigenvalue weighted by Gasteiger charge is 2.33. The van der Waals surface area contributed by atoms with E-state index < -0.39 is 11.7 Å². The average molecular weight is 1080 g/mol. The number of hydrogen-bond donors (Lipinski definition) is 3. The van der Waals surface area contributed by atoms with E-state index in [1.165, 1.54) is 37.0 Å². The molecule has 3 N–H and O–H groups in total. The molecule has 2 heterocycles. The number of hydrogen-bond acceptors (Lipinski definition) is 11. The van der Waals surface area contributed by atoms with Crippen LogP contribution < -0.4 is 16.0 Å². The summed E-state index contributed by atoms with van der Waals surface area (Å²) in [5, 5.41) is 12.1. The third kappa shape index (κ3) is 24.8. The van der Waals surface area contributed by atoms with Crippen molar-refractivity contribution in [2.45, 2.75) is 168 Å². The number of nitrogens with zero attached hydrogens (tertiary/aromatic N) is 8. The Labute approximate surface area is 470 Å². The lowest BCUT2D eigenvalue weighted by molar-refractivity contribution is -0.137. The van der Waals surface area contributed by atoms with Gasteiger partial charge >= 0.3 is 6.18 Å². The van der Waals surface area contributed by atoms with Crippen LogP contribution >= 0.6 is 0 Å². The maximum atomic E-state index is 13.5. The fraction of sp³-hybridized carbons (Fsp3) is 0.810. The second-order valence-electron chi connectivity index (χ2n) is 25.3. The van der Waals surface area contributed by atoms with Gasteiger partial charge in [-0.1, -0.05) is 96.8 Å². The van der Waals surface area contributed by atoms with Crippen LogP contribution in [0.5, 0.6) is 0 Å². The first-order chi connectivity index (χ1) is 36.6. The molecule has 2 aromatic rings. The molecular weight excluding hydrogens is 968 g/mol. The fourth-order valence-corrected chi connectivity index (χ4v) is 11.8. The first-order valence-corrected chi connectivity index (χ1v) is 30.6. The molecule has 77 heavy (non-hydrogen) atoms. The maximum absolute atomic E-state index is 13.5. The lowest BCUT2D eigenvalue weighted by atomic mass is 9.97. The molecule has 0 aromatic heterocycles. The molecule has 2 saturated heterocycles. The van der Waals surface area contributed by atoms with E-state index in [2.05, 4.69) is 190 Å². The Morgan fingerprint density at radius 1 is 0.584 bits per heavy atom. The molecule has 444 valence electrons. The van der Waals surface area contributed by atoms with E-state index >= 15 is 0 Å². The molecule has 4 rings (SSSR count). The maximum Gasteiger partial charge on any atom is 0.416 e. The lowest BCUT2D eigenvalue weighted by Crippen LogP contribution is -2.53. The van der Waals surface area contributed by atoms with Crippen molar-refractivity contribution in [3.05, 3.63) is 71.3 Å². The third-order valence-electron chi connectivity index (χ3n) is 18.2. The second kappa shape index (κ2) is 34.9. The van der Waals surface area contributed by atoms with Gasteiger partial charge in [0.25, 0.3) is 0 Å². The second-order valence-corrected chi connectivity index (χ2v) is 25.3. The molecule has 2 aromatic carbocycles. The molecule has 11 nitrogen and oxygen atoms in total. The SMILES string of the molecule is CC[C@H](C)[C@H]1CN(C)CCN[C@@H](CCc2ccc(C(F)(F)F)cc2)CN2CCC[C@H]2CN(C)[C@@H](Cc2ccccc2)CN(C)[C@@H](CC(C)C)CN[C@H](C)CCN(C)[C@@H](C)CN[C@@H]([C@@H](C)CC)CN(C)CCN(C)CCN1C. The molecular formula is C63H116F3N11. The van der Waals surface area contributed by atoms with Crippen LogP contribution in [-0.2, 0) is 19.0 Å². The van der Waals surface area contributed by atoms with E-state index in [1.54, 1.807) is 12.1 Å². The largest absolute Gasteiger partial charge is 0.416 e. The van der Waals surface area contributed by atoms with Crippen LogP contribution in [0.3, 0.4) is 0 Å². The van der Waals surface area contributed by atoms with Gasteiger partial charge < -0.3 is 50.2 Å². The Morgan fingerprint density at radius 2 is 1.23 bits per heavy atom. The van der Waals surface area contributed by atoms with Gasteiger partial charge in [-0.2, -0.15) is 13.2 Å². The van der Waals surface area contributed by atoms with E-state index in [4.69, 9.17) is 0 Å². The van der Waals surface area contributed by atoms with Gasteiger partial charge in [-0.3, -0.25) is 4.90 Å². The smallest absolute Gasteiger partial charge is 0.313 e. The van der Waals surface area contributed by atoms with Crippen LogP contribution in [0.25, 0.3) is 0 Å². The van der Waals surface area contributed by atoms with Crippen molar-refractivity contribution >= 4 is 0 Å². The van der Waals surface area contributed by atoms with Gasteiger partial charge in [-0.05, 0) is 162 Å². The van der Waals surface area contributed by atoms with E-state index in [0.29, 0.717) is 60.0 Å². The number of benzene rings is 2. The summed E-state index contributed by atoms with van der Waals surface area (Å²) in [6.45, 7) is 34.0. The van der Waals surface area contributed by atoms with Crippen LogP contribution in [0.1, 0.15) is 117 Å². The number of aryl methyl sites for hydroxylation is 1. The zero-order valence-corrected chi connectivity index (χ0v) is 51.7. The van der Waals surface area contributed by atoms with Gasteiger partial charge in [0, 0.05) is 133 Å². The molecule has 0 aliphatic carbocycles. The van der Waals surface area contributed by atoms with Crippen molar-refractivity contribution in [2.75, 3.05) is 148 Å². The quantitative estimate of drug-likeness (QED) is 0.203. The molecule has 0 spiro atoms. The van der Waals surface area contributed by atoms with E-state index in [0.717, 1.165) is 142 Å². The Bertz CT molecular complexity index is 1820. The molecule has 14 heteroatoms. The minimum absolute atomic E-state index is 0.209. The van der Waals surface area contributed by atoms with Gasteiger partial charge in [-0.15, -0.1) is 0 Å². The fourth-order valence-electron chi connectivity index (χ4n) is 11.8. The number of alkyl halides is 3. The highest BCUT2D eigenvalue weighted by Crippen LogP contribution is 2.30. The van der Waals surface area contributed by atoms with Gasteiger partial charge in [0.1, 0.15) is 0 Å². The molecule has 10 atom stereocenters.